The first-order chi connectivity index (χ1) is 16.1. The van der Waals surface area contributed by atoms with Gasteiger partial charge in [0.05, 0.1) is 12.4 Å². The smallest absolute Gasteiger partial charge is 0.327 e. The molecule has 0 saturated heterocycles. The largest absolute Gasteiger partial charge is 0.480 e. The molecule has 0 aliphatic heterocycles. The molecule has 0 saturated carbocycles. The van der Waals surface area contributed by atoms with Gasteiger partial charge in [-0.05, 0) is 24.9 Å². The quantitative estimate of drug-likeness (QED) is 0.111. The maximum absolute atomic E-state index is 13.1. The van der Waals surface area contributed by atoms with Crippen molar-refractivity contribution in [2.75, 3.05) is 17.8 Å². The van der Waals surface area contributed by atoms with Crippen molar-refractivity contribution in [2.45, 2.75) is 49.9 Å². The average molecular weight is 518 g/mol. The Bertz CT molecular complexity index is 839. The Hall–Kier alpha value is -2.78. The molecule has 4 atom stereocenters. The van der Waals surface area contributed by atoms with Crippen LogP contribution in [0.2, 0.25) is 0 Å². The molecule has 15 heteroatoms. The number of thiol groups is 1. The SMILES string of the molecule is CSCCC(N)C(=O)NC(Cc1cnc[nH]1)C(=O)NC(CCC(N)=O)C(=O)NC(CS)C(=O)O. The minimum Gasteiger partial charge on any atom is -0.480 e. The van der Waals surface area contributed by atoms with Crippen LogP contribution in [0, 0.1) is 0 Å². The number of primary amides is 1. The van der Waals surface area contributed by atoms with Gasteiger partial charge < -0.3 is 37.5 Å². The van der Waals surface area contributed by atoms with E-state index in [1.807, 2.05) is 6.26 Å². The summed E-state index contributed by atoms with van der Waals surface area (Å²) in [5, 5.41) is 16.5. The Labute approximate surface area is 206 Å². The summed E-state index contributed by atoms with van der Waals surface area (Å²) in [6.07, 6.45) is 4.75. The Morgan fingerprint density at radius 1 is 1.09 bits per heavy atom. The predicted octanol–water partition coefficient (Wildman–Crippen LogP) is -2.23. The first kappa shape index (κ1) is 29.3. The van der Waals surface area contributed by atoms with Crippen molar-refractivity contribution >= 4 is 54.0 Å². The fourth-order valence-electron chi connectivity index (χ4n) is 2.77. The number of aromatic amines is 1. The van der Waals surface area contributed by atoms with Gasteiger partial charge in [-0.25, -0.2) is 9.78 Å². The number of nitrogens with zero attached hydrogens (tertiary/aromatic N) is 1. The molecule has 0 aromatic carbocycles. The number of carbonyl (C=O) groups excluding carboxylic acids is 4. The minimum atomic E-state index is -1.31. The Morgan fingerprint density at radius 2 is 1.71 bits per heavy atom. The first-order valence-corrected chi connectivity index (χ1v) is 12.4. The van der Waals surface area contributed by atoms with E-state index in [1.165, 1.54) is 24.3 Å². The highest BCUT2D eigenvalue weighted by atomic mass is 32.2. The number of hydrogen-bond donors (Lipinski definition) is 8. The van der Waals surface area contributed by atoms with Gasteiger partial charge in [-0.1, -0.05) is 0 Å². The van der Waals surface area contributed by atoms with Gasteiger partial charge in [-0.2, -0.15) is 24.4 Å². The Kier molecular flexibility index (Phi) is 13.1. The van der Waals surface area contributed by atoms with E-state index < -0.39 is 53.8 Å². The summed E-state index contributed by atoms with van der Waals surface area (Å²) < 4.78 is 0. The lowest BCUT2D eigenvalue weighted by Gasteiger charge is -2.24. The maximum Gasteiger partial charge on any atom is 0.327 e. The molecule has 0 radical (unpaired) electrons. The van der Waals surface area contributed by atoms with Crippen molar-refractivity contribution in [1.29, 1.82) is 0 Å². The van der Waals surface area contributed by atoms with Crippen LogP contribution < -0.4 is 27.4 Å². The third-order valence-corrected chi connectivity index (χ3v) is 5.70. The van der Waals surface area contributed by atoms with Crippen molar-refractivity contribution in [3.05, 3.63) is 18.2 Å². The summed E-state index contributed by atoms with van der Waals surface area (Å²) in [4.78, 5) is 67.4. The molecule has 13 nitrogen and oxygen atoms in total. The van der Waals surface area contributed by atoms with Crippen LogP contribution in [0.15, 0.2) is 12.5 Å². The van der Waals surface area contributed by atoms with Crippen molar-refractivity contribution < 1.29 is 29.1 Å². The summed E-state index contributed by atoms with van der Waals surface area (Å²) in [6.45, 7) is 0. The second-order valence-corrected chi connectivity index (χ2v) is 8.73. The number of carboxylic acid groups (broad SMARTS) is 1. The van der Waals surface area contributed by atoms with Gasteiger partial charge in [-0.3, -0.25) is 19.2 Å². The zero-order valence-electron chi connectivity index (χ0n) is 18.7. The number of carbonyl (C=O) groups is 5. The van der Waals surface area contributed by atoms with Crippen LogP contribution in [0.3, 0.4) is 0 Å². The fourth-order valence-corrected chi connectivity index (χ4v) is 3.50. The van der Waals surface area contributed by atoms with Gasteiger partial charge in [0.25, 0.3) is 0 Å². The molecular weight excluding hydrogens is 486 g/mol. The molecule has 1 rings (SSSR count). The predicted molar refractivity (Wildman–Crippen MR) is 129 cm³/mol. The van der Waals surface area contributed by atoms with E-state index in [0.717, 1.165) is 0 Å². The highest BCUT2D eigenvalue weighted by molar-refractivity contribution is 7.98. The molecule has 0 aliphatic carbocycles. The third kappa shape index (κ3) is 10.4. The third-order valence-electron chi connectivity index (χ3n) is 4.69. The van der Waals surface area contributed by atoms with Crippen LogP contribution in [-0.2, 0) is 30.4 Å². The highest BCUT2D eigenvalue weighted by Gasteiger charge is 2.30. The van der Waals surface area contributed by atoms with Crippen molar-refractivity contribution in [1.82, 2.24) is 25.9 Å². The standard InChI is InChI=1S/C19H31N7O6S2/c1-34-5-4-11(20)16(28)25-13(6-10-7-22-9-23-10)18(30)24-12(2-3-15(21)27)17(29)26-14(8-33)19(31)32/h7,9,11-14,33H,2-6,8,20H2,1H3,(H2,21,27)(H,22,23)(H,24,30)(H,25,28)(H,26,29)(H,31,32). The number of imidazole rings is 1. The number of hydrogen-bond acceptors (Lipinski definition) is 9. The van der Waals surface area contributed by atoms with E-state index in [1.54, 1.807) is 0 Å². The molecule has 0 spiro atoms. The van der Waals surface area contributed by atoms with Gasteiger partial charge in [-0.15, -0.1) is 0 Å². The number of rotatable bonds is 16. The average Bonchev–Trinajstić information content (AvgIpc) is 3.30. The first-order valence-electron chi connectivity index (χ1n) is 10.3. The van der Waals surface area contributed by atoms with Crippen LogP contribution in [0.25, 0.3) is 0 Å². The molecule has 0 bridgehead atoms. The van der Waals surface area contributed by atoms with Crippen LogP contribution in [-0.4, -0.2) is 86.6 Å². The number of aliphatic carboxylic acids is 1. The molecule has 1 aromatic rings. The summed E-state index contributed by atoms with van der Waals surface area (Å²) >= 11 is 5.41. The Balaban J connectivity index is 3.02. The summed E-state index contributed by atoms with van der Waals surface area (Å²) in [5.41, 5.74) is 11.6. The lowest BCUT2D eigenvalue weighted by atomic mass is 10.1. The van der Waals surface area contributed by atoms with Crippen molar-refractivity contribution in [2.24, 2.45) is 11.5 Å². The van der Waals surface area contributed by atoms with Crippen LogP contribution in [0.1, 0.15) is 25.0 Å². The fraction of sp³-hybridized carbons (Fsp3) is 0.579. The molecule has 1 aromatic heterocycles. The molecule has 4 unspecified atom stereocenters. The number of thioether (sulfide) groups is 1. The van der Waals surface area contributed by atoms with Gasteiger partial charge in [0.1, 0.15) is 18.1 Å². The van der Waals surface area contributed by atoms with E-state index in [9.17, 15) is 24.0 Å². The summed E-state index contributed by atoms with van der Waals surface area (Å²) in [7, 11) is 0. The van der Waals surface area contributed by atoms with E-state index in [4.69, 9.17) is 16.6 Å². The van der Waals surface area contributed by atoms with E-state index >= 15 is 0 Å². The zero-order chi connectivity index (χ0) is 25.7. The molecule has 0 aliphatic rings. The van der Waals surface area contributed by atoms with Gasteiger partial charge in [0.15, 0.2) is 0 Å². The van der Waals surface area contributed by atoms with Crippen LogP contribution >= 0.6 is 24.4 Å². The zero-order valence-corrected chi connectivity index (χ0v) is 20.4. The molecule has 1 heterocycles. The number of H-pyrrole nitrogens is 1. The topological polar surface area (TPSA) is 222 Å². The number of nitrogens with one attached hydrogen (secondary N) is 4. The molecule has 34 heavy (non-hydrogen) atoms. The van der Waals surface area contributed by atoms with Gasteiger partial charge >= 0.3 is 5.97 Å². The Morgan fingerprint density at radius 3 is 2.24 bits per heavy atom. The summed E-state index contributed by atoms with van der Waals surface area (Å²) in [5.74, 6) is -3.68. The number of nitrogens with two attached hydrogens (primary N) is 2. The molecule has 9 N–H and O–H groups in total. The highest BCUT2D eigenvalue weighted by Crippen LogP contribution is 2.05. The second-order valence-electron chi connectivity index (χ2n) is 7.38. The van der Waals surface area contributed by atoms with Gasteiger partial charge in [0.2, 0.25) is 23.6 Å². The second kappa shape index (κ2) is 15.2. The van der Waals surface area contributed by atoms with E-state index in [0.29, 0.717) is 17.9 Å². The van der Waals surface area contributed by atoms with Crippen LogP contribution in [0.4, 0.5) is 0 Å². The lowest BCUT2D eigenvalue weighted by Crippen LogP contribution is -2.58. The summed E-state index contributed by atoms with van der Waals surface area (Å²) in [6, 6.07) is -4.56. The van der Waals surface area contributed by atoms with Gasteiger partial charge in [0, 0.05) is 30.5 Å². The molecular formula is C19H31N7O6S2. The number of aromatic nitrogens is 2. The van der Waals surface area contributed by atoms with Crippen molar-refractivity contribution in [3.63, 3.8) is 0 Å². The normalized spacial score (nSPS) is 14.3. The molecule has 0 fully saturated rings. The number of amides is 4. The minimum absolute atomic E-state index is 0.0192. The lowest BCUT2D eigenvalue weighted by molar-refractivity contribution is -0.141. The maximum atomic E-state index is 13.1. The monoisotopic (exact) mass is 517 g/mol. The van der Waals surface area contributed by atoms with Crippen molar-refractivity contribution in [3.8, 4) is 0 Å². The molecule has 4 amide bonds. The van der Waals surface area contributed by atoms with E-state index in [2.05, 4.69) is 38.5 Å². The molecule has 190 valence electrons. The van der Waals surface area contributed by atoms with E-state index in [-0.39, 0.29) is 25.0 Å². The van der Waals surface area contributed by atoms with Crippen LogP contribution in [0.5, 0.6) is 0 Å². The number of carboxylic acids is 1.